The molecular formula is C29H54O4S. The average molecular weight is 499 g/mol. The molecule has 0 aliphatic rings. The van der Waals surface area contributed by atoms with Crippen molar-refractivity contribution in [3.63, 3.8) is 0 Å². The minimum absolute atomic E-state index is 0.141. The second kappa shape index (κ2) is 21.8. The number of ether oxygens (including phenoxy) is 2. The number of aliphatic hydroxyl groups excluding tert-OH is 2. The highest BCUT2D eigenvalue weighted by atomic mass is 32.1. The normalized spacial score (nSPS) is 14.4. The van der Waals surface area contributed by atoms with Crippen LogP contribution in [0.5, 0.6) is 0 Å². The minimum atomic E-state index is -0.833. The number of unbranched alkanes of at least 4 members (excludes halogenated alkanes) is 15. The van der Waals surface area contributed by atoms with E-state index in [1.54, 1.807) is 11.3 Å². The molecule has 0 amide bonds. The van der Waals surface area contributed by atoms with Crippen molar-refractivity contribution in [2.75, 3.05) is 26.4 Å². The summed E-state index contributed by atoms with van der Waals surface area (Å²) in [4.78, 5) is 0.953. The molecule has 34 heavy (non-hydrogen) atoms. The van der Waals surface area contributed by atoms with Crippen molar-refractivity contribution in [2.45, 2.75) is 135 Å². The molecule has 0 saturated carbocycles. The fourth-order valence-electron chi connectivity index (χ4n) is 4.64. The van der Waals surface area contributed by atoms with Gasteiger partial charge in [-0.15, -0.1) is 11.3 Å². The second-order valence-corrected chi connectivity index (χ2v) is 10.7. The van der Waals surface area contributed by atoms with E-state index in [1.165, 1.54) is 96.3 Å². The molecule has 200 valence electrons. The molecule has 0 aliphatic carbocycles. The molecule has 0 spiro atoms. The summed E-state index contributed by atoms with van der Waals surface area (Å²) < 4.78 is 11.6. The highest BCUT2D eigenvalue weighted by Crippen LogP contribution is 2.34. The van der Waals surface area contributed by atoms with Crippen LogP contribution in [0.2, 0.25) is 0 Å². The fraction of sp³-hybridized carbons (Fsp3) is 0.862. The maximum atomic E-state index is 10.5. The molecule has 1 rings (SSSR count). The van der Waals surface area contributed by atoms with Crippen molar-refractivity contribution in [1.82, 2.24) is 0 Å². The van der Waals surface area contributed by atoms with Gasteiger partial charge in [0, 0.05) is 24.5 Å². The quantitative estimate of drug-likeness (QED) is 0.134. The average Bonchev–Trinajstić information content (AvgIpc) is 3.38. The van der Waals surface area contributed by atoms with E-state index in [0.29, 0.717) is 26.2 Å². The number of thiophene rings is 1. The molecule has 2 N–H and O–H groups in total. The van der Waals surface area contributed by atoms with E-state index in [0.717, 1.165) is 11.3 Å². The van der Waals surface area contributed by atoms with Crippen LogP contribution in [0.1, 0.15) is 128 Å². The van der Waals surface area contributed by atoms with Crippen LogP contribution in [0.3, 0.4) is 0 Å². The van der Waals surface area contributed by atoms with Gasteiger partial charge in [0.05, 0.1) is 19.3 Å². The number of rotatable bonds is 25. The molecule has 1 aromatic heterocycles. The molecule has 0 fully saturated rings. The zero-order valence-electron chi connectivity index (χ0n) is 22.3. The summed E-state index contributed by atoms with van der Waals surface area (Å²) in [7, 11) is 0. The van der Waals surface area contributed by atoms with Crippen LogP contribution < -0.4 is 0 Å². The Morgan fingerprint density at radius 2 is 1.35 bits per heavy atom. The summed E-state index contributed by atoms with van der Waals surface area (Å²) in [6.45, 7) is 5.53. The Kier molecular flexibility index (Phi) is 20.2. The zero-order chi connectivity index (χ0) is 24.7. The van der Waals surface area contributed by atoms with Crippen molar-refractivity contribution in [3.8, 4) is 0 Å². The van der Waals surface area contributed by atoms with Crippen molar-refractivity contribution in [1.29, 1.82) is 0 Å². The molecule has 0 bridgehead atoms. The molecule has 2 atom stereocenters. The van der Waals surface area contributed by atoms with E-state index in [4.69, 9.17) is 9.47 Å². The molecule has 0 saturated heterocycles. The Hall–Kier alpha value is -0.460. The standard InChI is InChI=1S/C29H54O4S/c1-3-5-6-7-8-9-10-11-12-13-14-15-16-17-18-19-22-32-25-27(31)24-29(26-30,33-4-2)28-21-20-23-34-28/h20-21,23,27,30-31H,3-19,22,24-26H2,1-2H3. The summed E-state index contributed by atoms with van der Waals surface area (Å²) in [6, 6.07) is 3.91. The van der Waals surface area contributed by atoms with Crippen LogP contribution in [-0.2, 0) is 15.1 Å². The Bertz CT molecular complexity index is 536. The molecule has 0 aliphatic heterocycles. The third-order valence-electron chi connectivity index (χ3n) is 6.66. The van der Waals surface area contributed by atoms with Gasteiger partial charge in [-0.05, 0) is 24.8 Å². The third kappa shape index (κ3) is 14.8. The molecule has 2 unspecified atom stereocenters. The number of hydrogen-bond donors (Lipinski definition) is 2. The Morgan fingerprint density at radius 1 is 0.824 bits per heavy atom. The maximum Gasteiger partial charge on any atom is 0.128 e. The molecule has 0 radical (unpaired) electrons. The van der Waals surface area contributed by atoms with Gasteiger partial charge in [-0.25, -0.2) is 0 Å². The highest BCUT2D eigenvalue weighted by Gasteiger charge is 2.35. The first-order valence-electron chi connectivity index (χ1n) is 14.2. The maximum absolute atomic E-state index is 10.5. The lowest BCUT2D eigenvalue weighted by atomic mass is 9.95. The van der Waals surface area contributed by atoms with Crippen LogP contribution in [0.15, 0.2) is 17.5 Å². The summed E-state index contributed by atoms with van der Waals surface area (Å²) in [5.74, 6) is 0. The monoisotopic (exact) mass is 498 g/mol. The Morgan fingerprint density at radius 3 is 1.79 bits per heavy atom. The molecule has 0 aromatic carbocycles. The predicted molar refractivity (Wildman–Crippen MR) is 146 cm³/mol. The summed E-state index contributed by atoms with van der Waals surface area (Å²) in [6.07, 6.45) is 21.5. The van der Waals surface area contributed by atoms with Crippen LogP contribution in [0.4, 0.5) is 0 Å². The van der Waals surface area contributed by atoms with E-state index in [1.807, 2.05) is 24.4 Å². The molecule has 1 aromatic rings. The van der Waals surface area contributed by atoms with Gasteiger partial charge in [0.25, 0.3) is 0 Å². The lowest BCUT2D eigenvalue weighted by Crippen LogP contribution is -2.38. The fourth-order valence-corrected chi connectivity index (χ4v) is 5.53. The largest absolute Gasteiger partial charge is 0.393 e. The summed E-state index contributed by atoms with van der Waals surface area (Å²) in [5, 5.41) is 22.4. The van der Waals surface area contributed by atoms with Gasteiger partial charge in [-0.3, -0.25) is 0 Å². The minimum Gasteiger partial charge on any atom is -0.393 e. The van der Waals surface area contributed by atoms with Gasteiger partial charge in [0.1, 0.15) is 5.60 Å². The van der Waals surface area contributed by atoms with Gasteiger partial charge in [-0.2, -0.15) is 0 Å². The van der Waals surface area contributed by atoms with Crippen molar-refractivity contribution >= 4 is 11.3 Å². The van der Waals surface area contributed by atoms with Crippen LogP contribution in [0.25, 0.3) is 0 Å². The first-order valence-corrected chi connectivity index (χ1v) is 15.1. The SMILES string of the molecule is CCCCCCCCCCCCCCCCCCOCC(O)CC(CO)(OCC)c1cccs1. The van der Waals surface area contributed by atoms with Crippen molar-refractivity contribution in [3.05, 3.63) is 22.4 Å². The van der Waals surface area contributed by atoms with E-state index in [-0.39, 0.29) is 6.61 Å². The Balaban J connectivity index is 1.93. The summed E-state index contributed by atoms with van der Waals surface area (Å²) >= 11 is 1.55. The number of aliphatic hydroxyl groups is 2. The van der Waals surface area contributed by atoms with Crippen molar-refractivity contribution in [2.24, 2.45) is 0 Å². The smallest absolute Gasteiger partial charge is 0.128 e. The highest BCUT2D eigenvalue weighted by molar-refractivity contribution is 7.10. The Labute approximate surface area is 214 Å². The summed E-state index contributed by atoms with van der Waals surface area (Å²) in [5.41, 5.74) is -0.833. The van der Waals surface area contributed by atoms with Crippen LogP contribution in [0, 0.1) is 0 Å². The second-order valence-electron chi connectivity index (χ2n) is 9.80. The predicted octanol–water partition coefficient (Wildman–Crippen LogP) is 8.00. The van der Waals surface area contributed by atoms with Crippen LogP contribution >= 0.6 is 11.3 Å². The van der Waals surface area contributed by atoms with Gasteiger partial charge >= 0.3 is 0 Å². The lowest BCUT2D eigenvalue weighted by Gasteiger charge is -2.32. The molecule has 1 heterocycles. The van der Waals surface area contributed by atoms with Gasteiger partial charge < -0.3 is 19.7 Å². The lowest BCUT2D eigenvalue weighted by molar-refractivity contribution is -0.112. The van der Waals surface area contributed by atoms with Gasteiger partial charge in [0.15, 0.2) is 0 Å². The molecule has 5 heteroatoms. The number of hydrogen-bond acceptors (Lipinski definition) is 5. The van der Waals surface area contributed by atoms with E-state index in [2.05, 4.69) is 6.92 Å². The van der Waals surface area contributed by atoms with Crippen LogP contribution in [-0.4, -0.2) is 42.7 Å². The van der Waals surface area contributed by atoms with E-state index < -0.39 is 11.7 Å². The zero-order valence-corrected chi connectivity index (χ0v) is 23.1. The first kappa shape index (κ1) is 31.6. The first-order chi connectivity index (χ1) is 16.7. The topological polar surface area (TPSA) is 58.9 Å². The van der Waals surface area contributed by atoms with E-state index >= 15 is 0 Å². The van der Waals surface area contributed by atoms with Crippen molar-refractivity contribution < 1.29 is 19.7 Å². The van der Waals surface area contributed by atoms with Gasteiger partial charge in [0.2, 0.25) is 0 Å². The third-order valence-corrected chi connectivity index (χ3v) is 7.72. The molecular weight excluding hydrogens is 444 g/mol. The van der Waals surface area contributed by atoms with Gasteiger partial charge in [-0.1, -0.05) is 109 Å². The van der Waals surface area contributed by atoms with E-state index in [9.17, 15) is 10.2 Å². The molecule has 4 nitrogen and oxygen atoms in total.